The average molecular weight is 392 g/mol. The summed E-state index contributed by atoms with van der Waals surface area (Å²) in [5.41, 5.74) is 8.51. The van der Waals surface area contributed by atoms with Gasteiger partial charge in [0.15, 0.2) is 0 Å². The molecule has 0 radical (unpaired) electrons. The van der Waals surface area contributed by atoms with Gasteiger partial charge in [-0.25, -0.2) is 0 Å². The van der Waals surface area contributed by atoms with E-state index in [1.807, 2.05) is 17.9 Å². The highest BCUT2D eigenvalue weighted by atomic mass is 16.2. The Labute approximate surface area is 172 Å². The summed E-state index contributed by atoms with van der Waals surface area (Å²) >= 11 is 0. The lowest BCUT2D eigenvalue weighted by Crippen LogP contribution is -2.35. The van der Waals surface area contributed by atoms with Crippen molar-refractivity contribution in [1.82, 2.24) is 9.80 Å². The molecular weight excluding hydrogens is 362 g/mol. The van der Waals surface area contributed by atoms with Crippen LogP contribution < -0.4 is 5.73 Å². The fraction of sp³-hybridized carbons (Fsp3) is 0.417. The third-order valence-corrected chi connectivity index (χ3v) is 6.38. The molecule has 0 spiro atoms. The summed E-state index contributed by atoms with van der Waals surface area (Å²) in [7, 11) is 0. The molecule has 2 atom stereocenters. The molecule has 0 aliphatic carbocycles. The van der Waals surface area contributed by atoms with Crippen molar-refractivity contribution < 1.29 is 9.59 Å². The number of rotatable bonds is 6. The molecule has 0 bridgehead atoms. The van der Waals surface area contributed by atoms with Gasteiger partial charge in [0, 0.05) is 26.2 Å². The van der Waals surface area contributed by atoms with E-state index in [2.05, 4.69) is 35.2 Å². The molecule has 2 N–H and O–H groups in total. The second kappa shape index (κ2) is 8.37. The zero-order chi connectivity index (χ0) is 20.4. The number of carbonyl (C=O) groups is 2. The lowest BCUT2D eigenvalue weighted by molar-refractivity contribution is 0.0768. The van der Waals surface area contributed by atoms with Crippen LogP contribution in [-0.4, -0.2) is 54.3 Å². The first kappa shape index (κ1) is 19.6. The van der Waals surface area contributed by atoms with Crippen molar-refractivity contribution >= 4 is 11.8 Å². The van der Waals surface area contributed by atoms with E-state index in [4.69, 9.17) is 5.73 Å². The molecule has 2 unspecified atom stereocenters. The first-order valence-corrected chi connectivity index (χ1v) is 10.5. The van der Waals surface area contributed by atoms with Crippen LogP contribution >= 0.6 is 0 Å². The van der Waals surface area contributed by atoms with Crippen LogP contribution in [0.4, 0.5) is 0 Å². The highest BCUT2D eigenvalue weighted by molar-refractivity contribution is 6.07. The minimum Gasteiger partial charge on any atom is -0.366 e. The first-order valence-electron chi connectivity index (χ1n) is 10.5. The van der Waals surface area contributed by atoms with Crippen molar-refractivity contribution in [3.63, 3.8) is 0 Å². The van der Waals surface area contributed by atoms with Crippen LogP contribution in [0.5, 0.6) is 0 Å². The number of aryl methyl sites for hydroxylation is 2. The van der Waals surface area contributed by atoms with Crippen molar-refractivity contribution in [1.29, 1.82) is 0 Å². The van der Waals surface area contributed by atoms with E-state index in [1.54, 1.807) is 12.1 Å². The molecule has 2 aromatic rings. The Morgan fingerprint density at radius 2 is 1.66 bits per heavy atom. The van der Waals surface area contributed by atoms with Gasteiger partial charge in [-0.2, -0.15) is 0 Å². The molecule has 4 rings (SSSR count). The topological polar surface area (TPSA) is 66.6 Å². The van der Waals surface area contributed by atoms with Crippen LogP contribution in [0.2, 0.25) is 0 Å². The number of carbonyl (C=O) groups excluding carboxylic acids is 2. The first-order chi connectivity index (χ1) is 14.0. The van der Waals surface area contributed by atoms with E-state index >= 15 is 0 Å². The molecule has 2 saturated heterocycles. The van der Waals surface area contributed by atoms with Crippen LogP contribution in [0.3, 0.4) is 0 Å². The molecule has 2 amide bonds. The maximum Gasteiger partial charge on any atom is 0.254 e. The normalized spacial score (nSPS) is 21.3. The van der Waals surface area contributed by atoms with E-state index in [9.17, 15) is 9.59 Å². The van der Waals surface area contributed by atoms with Crippen molar-refractivity contribution in [2.45, 2.75) is 19.8 Å². The molecule has 0 aromatic heterocycles. The van der Waals surface area contributed by atoms with Gasteiger partial charge in [0.2, 0.25) is 5.91 Å². The Balaban J connectivity index is 1.32. The van der Waals surface area contributed by atoms with E-state index in [0.29, 0.717) is 23.0 Å². The zero-order valence-corrected chi connectivity index (χ0v) is 17.0. The van der Waals surface area contributed by atoms with Gasteiger partial charge in [-0.1, -0.05) is 42.5 Å². The quantitative estimate of drug-likeness (QED) is 0.823. The van der Waals surface area contributed by atoms with Gasteiger partial charge in [-0.3, -0.25) is 9.59 Å². The second-order valence-corrected chi connectivity index (χ2v) is 8.44. The Hall–Kier alpha value is -2.66. The summed E-state index contributed by atoms with van der Waals surface area (Å²) in [6.45, 7) is 6.63. The fourth-order valence-electron chi connectivity index (χ4n) is 4.91. The van der Waals surface area contributed by atoms with Crippen LogP contribution in [-0.2, 0) is 6.42 Å². The van der Waals surface area contributed by atoms with Gasteiger partial charge in [0.1, 0.15) is 0 Å². The monoisotopic (exact) mass is 391 g/mol. The molecule has 29 heavy (non-hydrogen) atoms. The van der Waals surface area contributed by atoms with E-state index < -0.39 is 5.91 Å². The van der Waals surface area contributed by atoms with E-state index in [1.165, 1.54) is 5.56 Å². The van der Waals surface area contributed by atoms with Crippen LogP contribution in [0.1, 0.15) is 38.3 Å². The number of nitrogens with zero attached hydrogens (tertiary/aromatic N) is 2. The molecule has 5 nitrogen and oxygen atoms in total. The van der Waals surface area contributed by atoms with Crippen molar-refractivity contribution in [3.05, 3.63) is 70.8 Å². The summed E-state index contributed by atoms with van der Waals surface area (Å²) in [4.78, 5) is 29.4. The Bertz CT molecular complexity index is 882. The lowest BCUT2D eigenvalue weighted by atomic mass is 10.00. The van der Waals surface area contributed by atoms with Gasteiger partial charge in [-0.05, 0) is 55.3 Å². The molecule has 152 valence electrons. The Morgan fingerprint density at radius 3 is 2.31 bits per heavy atom. The maximum atomic E-state index is 13.1. The van der Waals surface area contributed by atoms with Gasteiger partial charge in [0.05, 0.1) is 11.1 Å². The predicted octanol–water partition coefficient (Wildman–Crippen LogP) is 2.73. The number of primary amides is 1. The number of nitrogens with two attached hydrogens (primary N) is 1. The molecule has 0 saturated carbocycles. The van der Waals surface area contributed by atoms with Gasteiger partial charge >= 0.3 is 0 Å². The summed E-state index contributed by atoms with van der Waals surface area (Å²) in [5, 5.41) is 0. The third kappa shape index (κ3) is 4.20. The summed E-state index contributed by atoms with van der Waals surface area (Å²) in [6, 6.07) is 15.9. The minimum atomic E-state index is -0.541. The minimum absolute atomic E-state index is 0.0538. The predicted molar refractivity (Wildman–Crippen MR) is 114 cm³/mol. The second-order valence-electron chi connectivity index (χ2n) is 8.44. The number of hydrogen-bond acceptors (Lipinski definition) is 3. The number of likely N-dealkylation sites (tertiary alicyclic amines) is 2. The molecule has 2 aliphatic heterocycles. The van der Waals surface area contributed by atoms with Gasteiger partial charge in [-0.15, -0.1) is 0 Å². The highest BCUT2D eigenvalue weighted by Crippen LogP contribution is 2.32. The number of hydrogen-bond donors (Lipinski definition) is 1. The smallest absolute Gasteiger partial charge is 0.254 e. The zero-order valence-electron chi connectivity index (χ0n) is 17.0. The third-order valence-electron chi connectivity index (χ3n) is 6.38. The molecule has 2 fully saturated rings. The van der Waals surface area contributed by atoms with Crippen LogP contribution in [0, 0.1) is 18.8 Å². The summed E-state index contributed by atoms with van der Waals surface area (Å²) < 4.78 is 0. The Kier molecular flexibility index (Phi) is 5.67. The maximum absolute atomic E-state index is 13.1. The molecule has 5 heteroatoms. The SMILES string of the molecule is Cc1cccc(C(N)=O)c1C(=O)N1CC2CN(CCCc3ccccc3)CC2C1. The summed E-state index contributed by atoms with van der Waals surface area (Å²) in [5.74, 6) is 0.455. The molecule has 2 aliphatic rings. The molecular formula is C24H29N3O2. The standard InChI is InChI=1S/C24H29N3O2/c1-17-7-5-11-21(23(25)28)22(17)24(29)27-15-19-13-26(14-20(19)16-27)12-6-10-18-8-3-2-4-9-18/h2-5,7-9,11,19-20H,6,10,12-16H2,1H3,(H2,25,28). The Morgan fingerprint density at radius 1 is 0.966 bits per heavy atom. The number of benzene rings is 2. The van der Waals surface area contributed by atoms with Gasteiger partial charge < -0.3 is 15.5 Å². The molecule has 2 heterocycles. The molecule has 2 aromatic carbocycles. The number of fused-ring (bicyclic) bond motifs is 1. The van der Waals surface area contributed by atoms with Crippen LogP contribution in [0.15, 0.2) is 48.5 Å². The van der Waals surface area contributed by atoms with E-state index in [-0.39, 0.29) is 5.91 Å². The van der Waals surface area contributed by atoms with Crippen molar-refractivity contribution in [2.75, 3.05) is 32.7 Å². The number of amides is 2. The van der Waals surface area contributed by atoms with E-state index in [0.717, 1.165) is 51.1 Å². The lowest BCUT2D eigenvalue weighted by Gasteiger charge is -2.23. The average Bonchev–Trinajstić information content (AvgIpc) is 3.27. The fourth-order valence-corrected chi connectivity index (χ4v) is 4.91. The highest BCUT2D eigenvalue weighted by Gasteiger charge is 2.42. The van der Waals surface area contributed by atoms with Gasteiger partial charge in [0.25, 0.3) is 5.91 Å². The van der Waals surface area contributed by atoms with Crippen LogP contribution in [0.25, 0.3) is 0 Å². The largest absolute Gasteiger partial charge is 0.366 e. The van der Waals surface area contributed by atoms with Crippen molar-refractivity contribution in [2.24, 2.45) is 17.6 Å². The van der Waals surface area contributed by atoms with Crippen molar-refractivity contribution in [3.8, 4) is 0 Å². The summed E-state index contributed by atoms with van der Waals surface area (Å²) in [6.07, 6.45) is 2.28.